The highest BCUT2D eigenvalue weighted by Gasteiger charge is 2.25. The van der Waals surface area contributed by atoms with Crippen LogP contribution >= 0.6 is 0 Å². The summed E-state index contributed by atoms with van der Waals surface area (Å²) >= 11 is 0. The fourth-order valence-electron chi connectivity index (χ4n) is 3.20. The molecule has 0 saturated carbocycles. The number of hydrogen-bond donors (Lipinski definition) is 0. The van der Waals surface area contributed by atoms with Gasteiger partial charge in [0, 0.05) is 12.2 Å². The van der Waals surface area contributed by atoms with Crippen molar-refractivity contribution in [2.24, 2.45) is 10.8 Å². The molecular weight excluding hydrogens is 366 g/mol. The Morgan fingerprint density at radius 1 is 0.567 bits per heavy atom. The van der Waals surface area contributed by atoms with Gasteiger partial charge in [0.25, 0.3) is 0 Å². The molecule has 0 bridgehead atoms. The summed E-state index contributed by atoms with van der Waals surface area (Å²) in [7, 11) is 3.86. The molecule has 0 N–H and O–H groups in total. The third-order valence-corrected chi connectivity index (χ3v) is 6.23. The van der Waals surface area contributed by atoms with Crippen LogP contribution in [0.5, 0.6) is 0 Å². The average Bonchev–Trinajstić information content (AvgIpc) is 2.68. The summed E-state index contributed by atoms with van der Waals surface area (Å²) in [5.41, 5.74) is 2.26. The smallest absolute Gasteiger partial charge is 0.330 e. The zero-order chi connectivity index (χ0) is 22.1. The minimum Gasteiger partial charge on any atom is -0.431 e. The van der Waals surface area contributed by atoms with Crippen LogP contribution in [-0.2, 0) is 9.31 Å². The highest BCUT2D eigenvalue weighted by Crippen LogP contribution is 2.25. The fraction of sp³-hybridized carbons (Fsp3) is 0.462. The molecule has 0 aliphatic rings. The van der Waals surface area contributed by atoms with Gasteiger partial charge in [0.05, 0.1) is 0 Å². The Hall–Kier alpha value is -1.77. The van der Waals surface area contributed by atoms with E-state index < -0.39 is 0 Å². The normalized spacial score (nSPS) is 14.7. The van der Waals surface area contributed by atoms with Crippen molar-refractivity contribution in [2.75, 3.05) is 0 Å². The second kappa shape index (κ2) is 8.77. The largest absolute Gasteiger partial charge is 0.431 e. The molecule has 2 atom stereocenters. The van der Waals surface area contributed by atoms with Crippen LogP contribution in [0.15, 0.2) is 48.5 Å². The fourth-order valence-corrected chi connectivity index (χ4v) is 3.20. The molecule has 0 aliphatic heterocycles. The van der Waals surface area contributed by atoms with E-state index in [0.717, 1.165) is 10.9 Å². The van der Waals surface area contributed by atoms with Gasteiger partial charge in [-0.25, -0.2) is 0 Å². The number of hydrogen-bond acceptors (Lipinski definition) is 2. The third kappa shape index (κ3) is 4.92. The summed E-state index contributed by atoms with van der Waals surface area (Å²) in [4.78, 5) is 0. The summed E-state index contributed by atoms with van der Waals surface area (Å²) in [5.74, 6) is 0. The molecule has 0 spiro atoms. The Labute approximate surface area is 183 Å². The van der Waals surface area contributed by atoms with E-state index in [0.29, 0.717) is 0 Å². The van der Waals surface area contributed by atoms with Crippen molar-refractivity contribution in [1.82, 2.24) is 0 Å². The van der Waals surface area contributed by atoms with Crippen molar-refractivity contribution in [2.45, 2.75) is 67.6 Å². The molecule has 0 aliphatic carbocycles. The van der Waals surface area contributed by atoms with Crippen LogP contribution in [0, 0.1) is 10.8 Å². The SMILES string of the molecule is CC(O[B]c1c([B]OC(C)C(C)(C)C)c2ccccc2c2ccccc12)C(C)(C)C. The van der Waals surface area contributed by atoms with Gasteiger partial charge in [-0.2, -0.15) is 0 Å². The lowest BCUT2D eigenvalue weighted by Crippen LogP contribution is -2.43. The molecule has 0 fully saturated rings. The second-order valence-corrected chi connectivity index (χ2v) is 10.4. The van der Waals surface area contributed by atoms with Crippen molar-refractivity contribution in [1.29, 1.82) is 0 Å². The van der Waals surface area contributed by atoms with Crippen molar-refractivity contribution in [3.8, 4) is 0 Å². The number of rotatable bonds is 6. The highest BCUT2D eigenvalue weighted by molar-refractivity contribution is 6.67. The van der Waals surface area contributed by atoms with Crippen molar-refractivity contribution in [3.63, 3.8) is 0 Å². The Balaban J connectivity index is 2.12. The molecule has 0 saturated heterocycles. The maximum atomic E-state index is 6.26. The van der Waals surface area contributed by atoms with Crippen LogP contribution in [0.4, 0.5) is 0 Å². The molecule has 4 heteroatoms. The van der Waals surface area contributed by atoms with Crippen LogP contribution in [-0.4, -0.2) is 27.2 Å². The predicted octanol–water partition coefficient (Wildman–Crippen LogP) is 5.38. The van der Waals surface area contributed by atoms with Gasteiger partial charge < -0.3 is 9.31 Å². The van der Waals surface area contributed by atoms with Crippen molar-refractivity contribution in [3.05, 3.63) is 48.5 Å². The first-order chi connectivity index (χ1) is 14.0. The van der Waals surface area contributed by atoms with Crippen LogP contribution < -0.4 is 10.9 Å². The predicted molar refractivity (Wildman–Crippen MR) is 132 cm³/mol. The second-order valence-electron chi connectivity index (χ2n) is 10.4. The molecule has 0 aromatic heterocycles. The van der Waals surface area contributed by atoms with Gasteiger partial charge in [-0.1, -0.05) is 90.1 Å². The van der Waals surface area contributed by atoms with E-state index in [1.807, 2.05) is 15.0 Å². The summed E-state index contributed by atoms with van der Waals surface area (Å²) in [6.07, 6.45) is 0.176. The van der Waals surface area contributed by atoms with E-state index in [2.05, 4.69) is 104 Å². The third-order valence-electron chi connectivity index (χ3n) is 6.23. The maximum Gasteiger partial charge on any atom is 0.330 e. The molecule has 2 nitrogen and oxygen atoms in total. The van der Waals surface area contributed by atoms with Gasteiger partial charge in [0.15, 0.2) is 0 Å². The lowest BCUT2D eigenvalue weighted by Gasteiger charge is -2.29. The van der Waals surface area contributed by atoms with Crippen LogP contribution in [0.2, 0.25) is 0 Å². The minimum absolute atomic E-state index is 0.0598. The first-order valence-corrected chi connectivity index (χ1v) is 10.9. The summed E-state index contributed by atoms with van der Waals surface area (Å²) < 4.78 is 12.5. The van der Waals surface area contributed by atoms with E-state index in [9.17, 15) is 0 Å². The topological polar surface area (TPSA) is 18.5 Å². The molecule has 2 radical (unpaired) electrons. The quantitative estimate of drug-likeness (QED) is 0.409. The van der Waals surface area contributed by atoms with Gasteiger partial charge in [-0.3, -0.25) is 0 Å². The number of benzene rings is 3. The summed E-state index contributed by atoms with van der Waals surface area (Å²) in [6, 6.07) is 17.1. The lowest BCUT2D eigenvalue weighted by atomic mass is 9.67. The Bertz CT molecular complexity index is 932. The zero-order valence-corrected chi connectivity index (χ0v) is 19.7. The summed E-state index contributed by atoms with van der Waals surface area (Å²) in [5, 5.41) is 4.81. The molecule has 30 heavy (non-hydrogen) atoms. The zero-order valence-electron chi connectivity index (χ0n) is 19.7. The van der Waals surface area contributed by atoms with Gasteiger partial charge in [-0.05, 0) is 57.1 Å². The monoisotopic (exact) mass is 400 g/mol. The molecule has 3 aromatic rings. The van der Waals surface area contributed by atoms with E-state index in [1.165, 1.54) is 21.5 Å². The van der Waals surface area contributed by atoms with Gasteiger partial charge in [-0.15, -0.1) is 0 Å². The molecule has 156 valence electrons. The first-order valence-electron chi connectivity index (χ1n) is 10.9. The standard InChI is InChI=1S/C26H34B2O2/c1-17(25(3,4)5)29-27-23-21-15-11-9-13-19(21)20-14-10-12-16-22(20)24(23)28-30-18(2)26(6,7)8/h9-18H,1-8H3. The molecular formula is C26H34B2O2. The number of fused-ring (bicyclic) bond motifs is 3. The van der Waals surface area contributed by atoms with Crippen molar-refractivity contribution >= 4 is 47.4 Å². The minimum atomic E-state index is 0.0598. The van der Waals surface area contributed by atoms with Gasteiger partial charge >= 0.3 is 15.0 Å². The average molecular weight is 400 g/mol. The van der Waals surface area contributed by atoms with E-state index in [-0.39, 0.29) is 23.0 Å². The van der Waals surface area contributed by atoms with Crippen molar-refractivity contribution < 1.29 is 9.31 Å². The van der Waals surface area contributed by atoms with Gasteiger partial charge in [0.2, 0.25) is 0 Å². The Morgan fingerprint density at radius 2 is 0.867 bits per heavy atom. The maximum absolute atomic E-state index is 6.26. The van der Waals surface area contributed by atoms with E-state index in [1.54, 1.807) is 0 Å². The van der Waals surface area contributed by atoms with Crippen LogP contribution in [0.1, 0.15) is 55.4 Å². The molecule has 3 rings (SSSR count). The lowest BCUT2D eigenvalue weighted by molar-refractivity contribution is 0.110. The van der Waals surface area contributed by atoms with Gasteiger partial charge in [0.1, 0.15) is 0 Å². The summed E-state index contributed by atoms with van der Waals surface area (Å²) in [6.45, 7) is 17.4. The molecule has 2 unspecified atom stereocenters. The van der Waals surface area contributed by atoms with Crippen LogP contribution in [0.3, 0.4) is 0 Å². The molecule has 0 amide bonds. The highest BCUT2D eigenvalue weighted by atomic mass is 16.4. The Kier molecular flexibility index (Phi) is 6.69. The van der Waals surface area contributed by atoms with E-state index >= 15 is 0 Å². The van der Waals surface area contributed by atoms with E-state index in [4.69, 9.17) is 9.31 Å². The Morgan fingerprint density at radius 3 is 1.17 bits per heavy atom. The molecule has 3 aromatic carbocycles. The van der Waals surface area contributed by atoms with Crippen LogP contribution in [0.25, 0.3) is 21.5 Å². The first kappa shape index (κ1) is 22.9. The molecule has 0 heterocycles.